The maximum absolute atomic E-state index is 2.37. The van der Waals surface area contributed by atoms with Gasteiger partial charge in [0.1, 0.15) is 0 Å². The Labute approximate surface area is 344 Å². The van der Waals surface area contributed by atoms with Crippen LogP contribution in [-0.2, 0) is 47.0 Å². The number of hydrogen-bond donors (Lipinski definition) is 0. The molecule has 0 amide bonds. The molecule has 0 aliphatic rings. The Bertz CT molecular complexity index is 1880. The first kappa shape index (κ1) is 45.9. The number of benzene rings is 4. The van der Waals surface area contributed by atoms with Crippen molar-refractivity contribution in [2.45, 2.75) is 119 Å². The van der Waals surface area contributed by atoms with E-state index in [1.807, 2.05) is 0 Å². The fourth-order valence-electron chi connectivity index (χ4n) is 7.33. The van der Waals surface area contributed by atoms with Crippen molar-refractivity contribution >= 4 is 27.0 Å². The van der Waals surface area contributed by atoms with Gasteiger partial charge >= 0.3 is 41.9 Å². The molecule has 0 atom stereocenters. The second kappa shape index (κ2) is 19.9. The first-order valence-electron chi connectivity index (χ1n) is 18.7. The van der Waals surface area contributed by atoms with Crippen LogP contribution in [0.25, 0.3) is 43.8 Å². The van der Waals surface area contributed by atoms with Crippen LogP contribution in [0.4, 0.5) is 0 Å². The third-order valence-electron chi connectivity index (χ3n) is 9.57. The van der Waals surface area contributed by atoms with Crippen LogP contribution in [0.2, 0.25) is 13.1 Å². The molecule has 0 bridgehead atoms. The molecule has 0 spiro atoms. The van der Waals surface area contributed by atoms with Crippen LogP contribution in [-0.4, -0.2) is 5.43 Å². The van der Waals surface area contributed by atoms with E-state index in [0.717, 1.165) is 12.8 Å². The van der Waals surface area contributed by atoms with E-state index in [1.54, 1.807) is 23.3 Å². The van der Waals surface area contributed by atoms with Gasteiger partial charge in [0.25, 0.3) is 0 Å². The van der Waals surface area contributed by atoms with Gasteiger partial charge in [0.05, 0.1) is 0 Å². The molecule has 0 unspecified atom stereocenters. The molecule has 52 heavy (non-hydrogen) atoms. The zero-order valence-electron chi connectivity index (χ0n) is 33.8. The van der Waals surface area contributed by atoms with E-state index in [0.29, 0.717) is 0 Å². The third kappa shape index (κ3) is 11.4. The summed E-state index contributed by atoms with van der Waals surface area (Å²) in [4.78, 5) is 0. The van der Waals surface area contributed by atoms with E-state index in [9.17, 15) is 0 Å². The van der Waals surface area contributed by atoms with Crippen molar-refractivity contribution in [1.29, 1.82) is 0 Å². The Balaban J connectivity index is 0.000000316. The van der Waals surface area contributed by atoms with Gasteiger partial charge in [-0.25, -0.2) is 0 Å². The summed E-state index contributed by atoms with van der Waals surface area (Å²) in [6, 6.07) is 36.4. The van der Waals surface area contributed by atoms with E-state index in [1.165, 1.54) is 90.0 Å². The van der Waals surface area contributed by atoms with Gasteiger partial charge < -0.3 is 24.8 Å². The summed E-state index contributed by atoms with van der Waals surface area (Å²) in [5.74, 6) is 0. The summed E-state index contributed by atoms with van der Waals surface area (Å²) in [6.07, 6.45) is 4.72. The summed E-state index contributed by atoms with van der Waals surface area (Å²) >= 11 is 1.74. The molecule has 6 rings (SSSR count). The minimum Gasteiger partial charge on any atom is -1.00 e. The van der Waals surface area contributed by atoms with Gasteiger partial charge in [-0.3, -0.25) is 0 Å². The molecule has 0 saturated heterocycles. The predicted molar refractivity (Wildman–Crippen MR) is 222 cm³/mol. The second-order valence-electron chi connectivity index (χ2n) is 16.3. The molecule has 0 N–H and O–H groups in total. The molecule has 4 heteroatoms. The number of hydrogen-bond acceptors (Lipinski definition) is 0. The third-order valence-corrected chi connectivity index (χ3v) is 9.57. The topological polar surface area (TPSA) is 0 Å². The Morgan fingerprint density at radius 1 is 0.538 bits per heavy atom. The zero-order chi connectivity index (χ0) is 36.8. The Kier molecular flexibility index (Phi) is 17.6. The average Bonchev–Trinajstić information content (AvgIpc) is 3.59. The van der Waals surface area contributed by atoms with E-state index < -0.39 is 0 Å². The van der Waals surface area contributed by atoms with Crippen LogP contribution in [0.1, 0.15) is 102 Å². The van der Waals surface area contributed by atoms with Crippen LogP contribution in [0.5, 0.6) is 0 Å². The number of rotatable bonds is 6. The largest absolute Gasteiger partial charge is 1.00 e. The number of fused-ring (bicyclic) bond motifs is 2. The summed E-state index contributed by atoms with van der Waals surface area (Å²) in [7, 11) is 0. The van der Waals surface area contributed by atoms with Crippen LogP contribution >= 0.6 is 0 Å². The molecule has 0 heterocycles. The van der Waals surface area contributed by atoms with E-state index in [2.05, 4.69) is 179 Å². The Morgan fingerprint density at radius 2 is 0.846 bits per heavy atom. The van der Waals surface area contributed by atoms with Crippen molar-refractivity contribution < 1.29 is 48.1 Å². The van der Waals surface area contributed by atoms with E-state index in [4.69, 9.17) is 0 Å². The fraction of sp³-hybridized carbons (Fsp3) is 0.375. The summed E-state index contributed by atoms with van der Waals surface area (Å²) in [5.41, 5.74) is 14.6. The predicted octanol–water partition coefficient (Wildman–Crippen LogP) is 8.36. The summed E-state index contributed by atoms with van der Waals surface area (Å²) < 4.78 is 0. The Morgan fingerprint density at radius 3 is 1.12 bits per heavy atom. The summed E-state index contributed by atoms with van der Waals surface area (Å²) in [5, 5.41) is 5.56. The van der Waals surface area contributed by atoms with Crippen LogP contribution in [0, 0.1) is 13.8 Å². The second-order valence-corrected chi connectivity index (χ2v) is 25.7. The van der Waals surface area contributed by atoms with E-state index >= 15 is 0 Å². The monoisotopic (exact) mass is 824 g/mol. The van der Waals surface area contributed by atoms with Gasteiger partial charge in [-0.1, -0.05) is 154 Å². The Hall–Kier alpha value is -2.22. The molecule has 0 fully saturated rings. The van der Waals surface area contributed by atoms with Crippen molar-refractivity contribution in [1.82, 2.24) is 0 Å². The van der Waals surface area contributed by atoms with Crippen molar-refractivity contribution in [3.8, 4) is 22.3 Å². The normalized spacial score (nSPS) is 11.2. The molecule has 0 aromatic heterocycles. The van der Waals surface area contributed by atoms with Gasteiger partial charge in [-0.15, -0.1) is 69.1 Å². The number of halogens is 2. The maximum atomic E-state index is 2.37. The molecule has 276 valence electrons. The number of aryl methyl sites for hydroxylation is 4. The molecular formula is C48H60Cl2SiZr-2. The minimum atomic E-state index is 0. The van der Waals surface area contributed by atoms with Gasteiger partial charge in [0.15, 0.2) is 0 Å². The molecule has 0 radical (unpaired) electrons. The molecule has 0 nitrogen and oxygen atoms in total. The van der Waals surface area contributed by atoms with Gasteiger partial charge in [-0.2, -0.15) is 11.1 Å². The summed E-state index contributed by atoms with van der Waals surface area (Å²) in [6.45, 7) is 27.4. The van der Waals surface area contributed by atoms with Crippen LogP contribution in [0.15, 0.2) is 97.1 Å². The van der Waals surface area contributed by atoms with Crippen molar-refractivity contribution in [3.63, 3.8) is 0 Å². The average molecular weight is 827 g/mol. The maximum Gasteiger partial charge on any atom is -1.00 e. The molecule has 0 aliphatic heterocycles. The molecular weight excluding hydrogens is 767 g/mol. The molecule has 0 saturated carbocycles. The standard InChI is InChI=1S/2C23H27.C2H6Si.2ClH.Zr/c2*1-6-8-17-11-13-18(14-12-17)20-10-7-9-19-15-21(23(3,4)5)16(2)22(19)20;1-3-2;;;/h2*7,9-15H,6,8H2,1-5H3;1-2H3;2*1H;/q2*-1;;;;+2/p-2. The van der Waals surface area contributed by atoms with Crippen molar-refractivity contribution in [2.24, 2.45) is 0 Å². The smallest absolute Gasteiger partial charge is 1.00 e. The SMILES string of the molecule is CCCc1ccc(-c2cccc3[cH-]c(C(C)(C)C)c(C)c23)cc1.CCCc1ccc(-c2cccc3[cH-]c(C(C)(C)C)c(C)c23)cc1.C[Si](C)=[Zr+2].[Cl-].[Cl-]. The first-order valence-corrected chi connectivity index (χ1v) is 24.8. The quantitative estimate of drug-likeness (QED) is 0.117. The van der Waals surface area contributed by atoms with Crippen molar-refractivity contribution in [3.05, 3.63) is 130 Å². The minimum absolute atomic E-state index is 0. The molecule has 6 aromatic rings. The molecule has 0 aliphatic carbocycles. The van der Waals surface area contributed by atoms with Crippen molar-refractivity contribution in [2.75, 3.05) is 0 Å². The van der Waals surface area contributed by atoms with Crippen LogP contribution in [0.3, 0.4) is 0 Å². The zero-order valence-corrected chi connectivity index (χ0v) is 38.8. The van der Waals surface area contributed by atoms with E-state index in [-0.39, 0.29) is 41.1 Å². The fourth-order valence-corrected chi connectivity index (χ4v) is 7.33. The molecule has 6 aromatic carbocycles. The van der Waals surface area contributed by atoms with Gasteiger partial charge in [-0.05, 0) is 45.9 Å². The van der Waals surface area contributed by atoms with Gasteiger partial charge in [0.2, 0.25) is 0 Å². The van der Waals surface area contributed by atoms with Gasteiger partial charge in [0, 0.05) is 0 Å². The van der Waals surface area contributed by atoms with Crippen LogP contribution < -0.4 is 24.8 Å². The first-order chi connectivity index (χ1) is 23.6.